The van der Waals surface area contributed by atoms with Crippen molar-refractivity contribution in [2.24, 2.45) is 0 Å². The predicted molar refractivity (Wildman–Crippen MR) is 153 cm³/mol. The van der Waals surface area contributed by atoms with Crippen LogP contribution in [0.15, 0.2) is 78.9 Å². The van der Waals surface area contributed by atoms with Crippen LogP contribution in [0.4, 0.5) is 5.69 Å². The number of hydrogen-bond acceptors (Lipinski definition) is 9. The molecule has 2 aliphatic heterocycles. The van der Waals surface area contributed by atoms with Crippen molar-refractivity contribution in [3.8, 4) is 23.0 Å². The van der Waals surface area contributed by atoms with E-state index in [4.69, 9.17) is 21.1 Å². The fraction of sp³-hybridized carbons (Fsp3) is 0.125. The summed E-state index contributed by atoms with van der Waals surface area (Å²) < 4.78 is 12.1. The molecule has 4 N–H and O–H groups in total. The first-order valence-corrected chi connectivity index (χ1v) is 13.6. The zero-order valence-electron chi connectivity index (χ0n) is 22.2. The van der Waals surface area contributed by atoms with Gasteiger partial charge < -0.3 is 30.1 Å². The Bertz CT molecular complexity index is 1790. The largest absolute Gasteiger partial charge is 0.508 e. The first-order chi connectivity index (χ1) is 20.6. The number of nitrogens with one attached hydrogen (secondary N) is 1. The van der Waals surface area contributed by atoms with Crippen molar-refractivity contribution >= 4 is 40.8 Å². The van der Waals surface area contributed by atoms with Crippen LogP contribution in [0, 0.1) is 0 Å². The zero-order valence-corrected chi connectivity index (χ0v) is 22.9. The third-order valence-electron chi connectivity index (χ3n) is 7.45. The standard InChI is InChI=1S/C32H22ClNO9/c33-15-25(37)29(38)24(10-16-4-2-1-3-5-16)34-23-12-17(30(39)40)11-22-28(23)31(41)43-32(22)20-8-6-18(35)13-26(20)42-27-14-19(36)7-9-21(27)32/h1-9,11-14,24,34-36H,10,15H2,(H,39,40)/t24-/m0/s1. The van der Waals surface area contributed by atoms with Crippen molar-refractivity contribution in [3.63, 3.8) is 0 Å². The number of phenols is 2. The second-order valence-corrected chi connectivity index (χ2v) is 10.4. The Kier molecular flexibility index (Phi) is 6.78. The van der Waals surface area contributed by atoms with Crippen molar-refractivity contribution in [2.45, 2.75) is 18.1 Å². The number of Topliss-reactive ketones (excluding diaryl/α,β-unsaturated/α-hetero) is 2. The van der Waals surface area contributed by atoms with E-state index >= 15 is 0 Å². The Morgan fingerprint density at radius 3 is 2.07 bits per heavy atom. The topological polar surface area (TPSA) is 159 Å². The van der Waals surface area contributed by atoms with Crippen LogP contribution >= 0.6 is 11.6 Å². The summed E-state index contributed by atoms with van der Waals surface area (Å²) >= 11 is 5.70. The molecule has 1 spiro atoms. The van der Waals surface area contributed by atoms with Crippen LogP contribution in [0.5, 0.6) is 23.0 Å². The number of esters is 1. The van der Waals surface area contributed by atoms with Gasteiger partial charge in [0.2, 0.25) is 11.6 Å². The summed E-state index contributed by atoms with van der Waals surface area (Å²) in [5, 5.41) is 33.4. The molecule has 6 rings (SSSR count). The van der Waals surface area contributed by atoms with Gasteiger partial charge in [-0.2, -0.15) is 0 Å². The molecule has 10 nitrogen and oxygen atoms in total. The van der Waals surface area contributed by atoms with E-state index in [1.54, 1.807) is 30.3 Å². The number of carbonyl (C=O) groups is 4. The molecule has 43 heavy (non-hydrogen) atoms. The molecule has 0 unspecified atom stereocenters. The number of halogens is 1. The zero-order chi connectivity index (χ0) is 30.5. The Hall–Kier alpha value is -5.35. The minimum absolute atomic E-state index is 0.0344. The molecular weight excluding hydrogens is 578 g/mol. The molecule has 4 aromatic carbocycles. The number of aromatic carboxylic acids is 1. The number of carbonyl (C=O) groups excluding carboxylic acids is 3. The maximum Gasteiger partial charge on any atom is 0.342 e. The highest BCUT2D eigenvalue weighted by Gasteiger charge is 2.55. The van der Waals surface area contributed by atoms with E-state index in [1.807, 2.05) is 0 Å². The highest BCUT2D eigenvalue weighted by molar-refractivity contribution is 6.48. The Balaban J connectivity index is 1.58. The molecule has 1 atom stereocenters. The molecule has 216 valence electrons. The van der Waals surface area contributed by atoms with E-state index in [-0.39, 0.29) is 51.8 Å². The van der Waals surface area contributed by atoms with E-state index in [1.165, 1.54) is 48.5 Å². The first-order valence-electron chi connectivity index (χ1n) is 13.1. The number of fused-ring (bicyclic) bond motifs is 6. The summed E-state index contributed by atoms with van der Waals surface area (Å²) in [6.45, 7) is 0. The van der Waals surface area contributed by atoms with Gasteiger partial charge in [-0.05, 0) is 42.0 Å². The minimum atomic E-state index is -1.75. The summed E-state index contributed by atoms with van der Waals surface area (Å²) in [7, 11) is 0. The molecule has 4 aromatic rings. The summed E-state index contributed by atoms with van der Waals surface area (Å²) in [5.41, 5.74) is -0.680. The molecule has 0 amide bonds. The van der Waals surface area contributed by atoms with Crippen LogP contribution in [0.25, 0.3) is 0 Å². The van der Waals surface area contributed by atoms with E-state index in [2.05, 4.69) is 5.32 Å². The number of phenolic OH excluding ortho intramolecular Hbond substituents is 2. The molecule has 0 bridgehead atoms. The second kappa shape index (κ2) is 10.5. The summed E-state index contributed by atoms with van der Waals surface area (Å²) in [4.78, 5) is 51.7. The van der Waals surface area contributed by atoms with Crippen LogP contribution in [-0.4, -0.2) is 50.7 Å². The van der Waals surface area contributed by atoms with Gasteiger partial charge in [0.15, 0.2) is 5.60 Å². The lowest BCUT2D eigenvalue weighted by Gasteiger charge is -2.36. The maximum absolute atomic E-state index is 13.8. The molecule has 2 aliphatic rings. The lowest BCUT2D eigenvalue weighted by atomic mass is 9.77. The predicted octanol–water partition coefficient (Wildman–Crippen LogP) is 4.76. The first kappa shape index (κ1) is 27.8. The number of hydrogen-bond donors (Lipinski definition) is 4. The van der Waals surface area contributed by atoms with Crippen LogP contribution < -0.4 is 10.1 Å². The van der Waals surface area contributed by atoms with Gasteiger partial charge in [-0.15, -0.1) is 11.6 Å². The van der Waals surface area contributed by atoms with Gasteiger partial charge in [-0.1, -0.05) is 30.3 Å². The third kappa shape index (κ3) is 4.61. The highest BCUT2D eigenvalue weighted by Crippen LogP contribution is 2.58. The number of carboxylic acid groups (broad SMARTS) is 1. The van der Waals surface area contributed by atoms with E-state index in [0.29, 0.717) is 16.7 Å². The number of benzene rings is 4. The normalized spacial score (nSPS) is 14.5. The van der Waals surface area contributed by atoms with E-state index in [9.17, 15) is 34.5 Å². The molecular formula is C32H22ClNO9. The average molecular weight is 600 g/mol. The monoisotopic (exact) mass is 599 g/mol. The molecule has 11 heteroatoms. The van der Waals surface area contributed by atoms with Crippen molar-refractivity contribution in [2.75, 3.05) is 11.2 Å². The summed E-state index contributed by atoms with van der Waals surface area (Å²) in [6.07, 6.45) is 0.0344. The van der Waals surface area contributed by atoms with Gasteiger partial charge in [-0.3, -0.25) is 9.59 Å². The second-order valence-electron chi connectivity index (χ2n) is 10.1. The van der Waals surface area contributed by atoms with Crippen LogP contribution in [-0.2, 0) is 26.3 Å². The maximum atomic E-state index is 13.8. The number of alkyl halides is 1. The molecule has 0 saturated carbocycles. The highest BCUT2D eigenvalue weighted by atomic mass is 35.5. The van der Waals surface area contributed by atoms with Crippen molar-refractivity contribution in [1.29, 1.82) is 0 Å². The molecule has 0 aliphatic carbocycles. The number of aromatic hydroxyl groups is 2. The lowest BCUT2D eigenvalue weighted by Crippen LogP contribution is -2.38. The SMILES string of the molecule is O=C(CCl)C(=O)[C@H](Cc1ccccc1)Nc1cc(C(=O)O)cc2c1C(=O)OC21c2ccc(O)cc2Oc2cc(O)ccc21. The molecule has 2 heterocycles. The number of rotatable bonds is 8. The Morgan fingerprint density at radius 2 is 1.49 bits per heavy atom. The van der Waals surface area contributed by atoms with Gasteiger partial charge >= 0.3 is 11.9 Å². The number of carboxylic acids is 1. The van der Waals surface area contributed by atoms with E-state index < -0.39 is 41.0 Å². The van der Waals surface area contributed by atoms with Crippen LogP contribution in [0.3, 0.4) is 0 Å². The van der Waals surface area contributed by atoms with Gasteiger partial charge in [0.05, 0.1) is 28.7 Å². The van der Waals surface area contributed by atoms with Gasteiger partial charge in [0, 0.05) is 35.2 Å². The lowest BCUT2D eigenvalue weighted by molar-refractivity contribution is -0.135. The van der Waals surface area contributed by atoms with Crippen molar-refractivity contribution in [1.82, 2.24) is 0 Å². The van der Waals surface area contributed by atoms with Crippen molar-refractivity contribution < 1.29 is 44.0 Å². The molecule has 0 aromatic heterocycles. The van der Waals surface area contributed by atoms with E-state index in [0.717, 1.165) is 0 Å². The fourth-order valence-corrected chi connectivity index (χ4v) is 5.70. The van der Waals surface area contributed by atoms with Gasteiger partial charge in [0.25, 0.3) is 0 Å². The molecule has 0 saturated heterocycles. The van der Waals surface area contributed by atoms with Crippen LogP contribution in [0.2, 0.25) is 0 Å². The smallest absolute Gasteiger partial charge is 0.342 e. The number of ether oxygens (including phenoxy) is 2. The molecule has 0 radical (unpaired) electrons. The fourth-order valence-electron chi connectivity index (χ4n) is 5.57. The molecule has 0 fully saturated rings. The summed E-state index contributed by atoms with van der Waals surface area (Å²) in [5.74, 6) is -4.50. The summed E-state index contributed by atoms with van der Waals surface area (Å²) in [6, 6.07) is 18.5. The Morgan fingerprint density at radius 1 is 0.860 bits per heavy atom. The quantitative estimate of drug-likeness (QED) is 0.126. The minimum Gasteiger partial charge on any atom is -0.508 e. The average Bonchev–Trinajstić information content (AvgIpc) is 3.28. The number of anilines is 1. The third-order valence-corrected chi connectivity index (χ3v) is 7.69. The van der Waals surface area contributed by atoms with Gasteiger partial charge in [0.1, 0.15) is 23.0 Å². The van der Waals surface area contributed by atoms with Crippen molar-refractivity contribution in [3.05, 3.63) is 112 Å². The number of ketones is 2. The Labute approximate surface area is 249 Å². The van der Waals surface area contributed by atoms with Gasteiger partial charge in [-0.25, -0.2) is 9.59 Å². The van der Waals surface area contributed by atoms with Crippen LogP contribution in [0.1, 0.15) is 43.0 Å².